The Morgan fingerprint density at radius 1 is 1.45 bits per heavy atom. The Hall–Kier alpha value is -2.06. The number of carbonyl (C=O) groups is 1. The highest BCUT2D eigenvalue weighted by atomic mass is 16.4. The second kappa shape index (κ2) is 7.51. The number of rotatable bonds is 7. The molecule has 0 saturated heterocycles. The number of hydrogen-bond acceptors (Lipinski definition) is 4. The molecule has 0 aliphatic rings. The van der Waals surface area contributed by atoms with Crippen LogP contribution in [0.25, 0.3) is 0 Å². The summed E-state index contributed by atoms with van der Waals surface area (Å²) in [5.41, 5.74) is 1.49. The number of nitrogens with zero attached hydrogens (tertiary/aromatic N) is 2. The predicted octanol–water partition coefficient (Wildman–Crippen LogP) is 2.45. The van der Waals surface area contributed by atoms with E-state index in [9.17, 15) is 15.2 Å². The van der Waals surface area contributed by atoms with E-state index in [4.69, 9.17) is 5.11 Å². The lowest BCUT2D eigenvalue weighted by Crippen LogP contribution is -2.31. The molecule has 0 heterocycles. The molecule has 0 saturated carbocycles. The molecular formula is C15H20N2O3. The minimum absolute atomic E-state index is 0.0231. The first-order valence-corrected chi connectivity index (χ1v) is 6.64. The topological polar surface area (TPSA) is 84.6 Å². The fourth-order valence-electron chi connectivity index (χ4n) is 2.14. The molecule has 1 rings (SSSR count). The molecule has 0 bridgehead atoms. The van der Waals surface area contributed by atoms with Crippen molar-refractivity contribution in [3.63, 3.8) is 0 Å². The molecule has 0 aliphatic carbocycles. The van der Waals surface area contributed by atoms with Gasteiger partial charge in [-0.05, 0) is 32.0 Å². The molecule has 5 heteroatoms. The van der Waals surface area contributed by atoms with Crippen LogP contribution in [0.2, 0.25) is 0 Å². The number of carboxylic acid groups (broad SMARTS) is 1. The van der Waals surface area contributed by atoms with Gasteiger partial charge in [0.25, 0.3) is 0 Å². The van der Waals surface area contributed by atoms with E-state index in [2.05, 4.69) is 6.07 Å². The second-order valence-corrected chi connectivity index (χ2v) is 4.77. The largest absolute Gasteiger partial charge is 0.508 e. The highest BCUT2D eigenvalue weighted by Crippen LogP contribution is 2.29. The molecule has 2 N–H and O–H groups in total. The van der Waals surface area contributed by atoms with Crippen LogP contribution < -0.4 is 0 Å². The van der Waals surface area contributed by atoms with Crippen molar-refractivity contribution in [2.45, 2.75) is 32.7 Å². The van der Waals surface area contributed by atoms with Gasteiger partial charge in [-0.3, -0.25) is 9.69 Å². The van der Waals surface area contributed by atoms with E-state index in [1.54, 1.807) is 23.1 Å². The highest BCUT2D eigenvalue weighted by molar-refractivity contribution is 5.66. The van der Waals surface area contributed by atoms with Crippen molar-refractivity contribution < 1.29 is 15.0 Å². The average molecular weight is 276 g/mol. The van der Waals surface area contributed by atoms with Gasteiger partial charge in [0.1, 0.15) is 11.8 Å². The number of aliphatic carboxylic acids is 1. The number of aryl methyl sites for hydroxylation is 1. The smallest absolute Gasteiger partial charge is 0.304 e. The van der Waals surface area contributed by atoms with E-state index < -0.39 is 12.0 Å². The maximum atomic E-state index is 10.7. The minimum atomic E-state index is -0.892. The molecule has 1 aromatic carbocycles. The molecule has 0 aromatic heterocycles. The van der Waals surface area contributed by atoms with Crippen molar-refractivity contribution in [3.8, 4) is 11.8 Å². The lowest BCUT2D eigenvalue weighted by molar-refractivity contribution is -0.137. The molecule has 0 aliphatic heterocycles. The fourth-order valence-corrected chi connectivity index (χ4v) is 2.14. The summed E-state index contributed by atoms with van der Waals surface area (Å²) in [4.78, 5) is 12.5. The van der Waals surface area contributed by atoms with Crippen LogP contribution in [-0.2, 0) is 4.79 Å². The molecule has 1 unspecified atom stereocenters. The zero-order chi connectivity index (χ0) is 15.1. The zero-order valence-corrected chi connectivity index (χ0v) is 11.8. The third-order valence-corrected chi connectivity index (χ3v) is 3.09. The SMILES string of the molecule is CCCN(CCC(=O)O)C(C#N)c1cc(C)ccc1O. The molecular weight excluding hydrogens is 256 g/mol. The highest BCUT2D eigenvalue weighted by Gasteiger charge is 2.22. The molecule has 0 spiro atoms. The van der Waals surface area contributed by atoms with Gasteiger partial charge in [0.2, 0.25) is 0 Å². The predicted molar refractivity (Wildman–Crippen MR) is 75.3 cm³/mol. The van der Waals surface area contributed by atoms with Crippen molar-refractivity contribution in [1.29, 1.82) is 5.26 Å². The van der Waals surface area contributed by atoms with Crippen molar-refractivity contribution in [2.75, 3.05) is 13.1 Å². The average Bonchev–Trinajstić information content (AvgIpc) is 2.40. The van der Waals surface area contributed by atoms with E-state index >= 15 is 0 Å². The van der Waals surface area contributed by atoms with Crippen LogP contribution in [0.5, 0.6) is 5.75 Å². The van der Waals surface area contributed by atoms with Crippen LogP contribution in [0, 0.1) is 18.3 Å². The van der Waals surface area contributed by atoms with Gasteiger partial charge in [-0.1, -0.05) is 18.6 Å². The Balaban J connectivity index is 3.03. The van der Waals surface area contributed by atoms with Gasteiger partial charge in [-0.15, -0.1) is 0 Å². The number of phenols is 1. The summed E-state index contributed by atoms with van der Waals surface area (Å²) in [7, 11) is 0. The first kappa shape index (κ1) is 16.0. The summed E-state index contributed by atoms with van der Waals surface area (Å²) in [6, 6.07) is 6.65. The first-order chi connectivity index (χ1) is 9.49. The van der Waals surface area contributed by atoms with Gasteiger partial charge in [-0.25, -0.2) is 0 Å². The van der Waals surface area contributed by atoms with E-state index in [0.717, 1.165) is 12.0 Å². The van der Waals surface area contributed by atoms with Crippen LogP contribution in [0.3, 0.4) is 0 Å². The molecule has 5 nitrogen and oxygen atoms in total. The summed E-state index contributed by atoms with van der Waals surface area (Å²) in [6.07, 6.45) is 0.787. The maximum Gasteiger partial charge on any atom is 0.304 e. The summed E-state index contributed by atoms with van der Waals surface area (Å²) in [5.74, 6) is -0.824. The van der Waals surface area contributed by atoms with Gasteiger partial charge in [0, 0.05) is 12.1 Å². The molecule has 1 aromatic rings. The molecule has 0 fully saturated rings. The quantitative estimate of drug-likeness (QED) is 0.799. The number of nitriles is 1. The van der Waals surface area contributed by atoms with E-state index in [0.29, 0.717) is 12.1 Å². The van der Waals surface area contributed by atoms with Gasteiger partial charge >= 0.3 is 5.97 Å². The number of benzene rings is 1. The van der Waals surface area contributed by atoms with Gasteiger partial charge in [0.05, 0.1) is 12.5 Å². The molecule has 20 heavy (non-hydrogen) atoms. The van der Waals surface area contributed by atoms with Gasteiger partial charge in [-0.2, -0.15) is 5.26 Å². The lowest BCUT2D eigenvalue weighted by Gasteiger charge is -2.27. The number of aromatic hydroxyl groups is 1. The second-order valence-electron chi connectivity index (χ2n) is 4.77. The monoisotopic (exact) mass is 276 g/mol. The van der Waals surface area contributed by atoms with Crippen molar-refractivity contribution >= 4 is 5.97 Å². The van der Waals surface area contributed by atoms with E-state index in [1.165, 1.54) is 0 Å². The van der Waals surface area contributed by atoms with Crippen LogP contribution >= 0.6 is 0 Å². The van der Waals surface area contributed by atoms with Gasteiger partial charge < -0.3 is 10.2 Å². The molecule has 108 valence electrons. The van der Waals surface area contributed by atoms with Crippen molar-refractivity contribution in [3.05, 3.63) is 29.3 Å². The van der Waals surface area contributed by atoms with Crippen LogP contribution in [-0.4, -0.2) is 34.2 Å². The third-order valence-electron chi connectivity index (χ3n) is 3.09. The summed E-state index contributed by atoms with van der Waals surface area (Å²) >= 11 is 0. The first-order valence-electron chi connectivity index (χ1n) is 6.64. The molecule has 0 amide bonds. The number of hydrogen-bond donors (Lipinski definition) is 2. The number of phenolic OH excluding ortho intramolecular Hbond substituents is 1. The fraction of sp³-hybridized carbons (Fsp3) is 0.467. The van der Waals surface area contributed by atoms with Crippen LogP contribution in [0.1, 0.15) is 36.9 Å². The molecule has 1 atom stereocenters. The van der Waals surface area contributed by atoms with Crippen molar-refractivity contribution in [1.82, 2.24) is 4.90 Å². The maximum absolute atomic E-state index is 10.7. The number of carboxylic acids is 1. The minimum Gasteiger partial charge on any atom is -0.508 e. The van der Waals surface area contributed by atoms with Crippen molar-refractivity contribution in [2.24, 2.45) is 0 Å². The van der Waals surface area contributed by atoms with E-state index in [-0.39, 0.29) is 18.7 Å². The Bertz CT molecular complexity index is 508. The summed E-state index contributed by atoms with van der Waals surface area (Å²) in [5, 5.41) is 28.1. The summed E-state index contributed by atoms with van der Waals surface area (Å²) in [6.45, 7) is 4.75. The lowest BCUT2D eigenvalue weighted by atomic mass is 10.0. The Kier molecular flexibility index (Phi) is 6.01. The third kappa shape index (κ3) is 4.25. The van der Waals surface area contributed by atoms with Gasteiger partial charge in [0.15, 0.2) is 0 Å². The van der Waals surface area contributed by atoms with Crippen LogP contribution in [0.4, 0.5) is 0 Å². The standard InChI is InChI=1S/C15H20N2O3/c1-3-7-17(8-6-15(19)20)13(10-16)12-9-11(2)4-5-14(12)18/h4-5,9,13,18H,3,6-8H2,1-2H3,(H,19,20). The Labute approximate surface area is 119 Å². The summed E-state index contributed by atoms with van der Waals surface area (Å²) < 4.78 is 0. The normalized spacial score (nSPS) is 12.1. The Morgan fingerprint density at radius 2 is 2.15 bits per heavy atom. The van der Waals surface area contributed by atoms with Crippen LogP contribution in [0.15, 0.2) is 18.2 Å². The molecule has 0 radical (unpaired) electrons. The van der Waals surface area contributed by atoms with E-state index in [1.807, 2.05) is 13.8 Å². The zero-order valence-electron chi connectivity index (χ0n) is 11.8. The Morgan fingerprint density at radius 3 is 2.70 bits per heavy atom.